The van der Waals surface area contributed by atoms with E-state index < -0.39 is 0 Å². The first kappa shape index (κ1) is 14.7. The van der Waals surface area contributed by atoms with E-state index in [1.807, 2.05) is 29.6 Å². The number of rotatable bonds is 4. The highest BCUT2D eigenvalue weighted by Crippen LogP contribution is 2.27. The number of carbonyl (C=O) groups excluding carboxylic acids is 1. The molecule has 2 aromatic rings. The third-order valence-electron chi connectivity index (χ3n) is 3.47. The van der Waals surface area contributed by atoms with Crippen LogP contribution in [0.3, 0.4) is 0 Å². The molecule has 2 heterocycles. The standard InChI is InChI=1S/C15H16BrN3OS/c16-11-4-1-3-10(7-11)13-9-21-15(18-13)19-14(20)8-12-5-2-6-17-12/h1,3-4,7,9,12,17H,2,5-6,8H2,(H,18,19,20). The molecule has 3 rings (SSSR count). The summed E-state index contributed by atoms with van der Waals surface area (Å²) in [7, 11) is 0. The van der Waals surface area contributed by atoms with Gasteiger partial charge in [0.15, 0.2) is 5.13 Å². The zero-order valence-electron chi connectivity index (χ0n) is 11.4. The van der Waals surface area contributed by atoms with Gasteiger partial charge in [-0.05, 0) is 31.5 Å². The summed E-state index contributed by atoms with van der Waals surface area (Å²) >= 11 is 4.91. The monoisotopic (exact) mass is 365 g/mol. The predicted molar refractivity (Wildman–Crippen MR) is 89.5 cm³/mol. The molecule has 0 radical (unpaired) electrons. The van der Waals surface area contributed by atoms with Crippen LogP contribution in [0.4, 0.5) is 5.13 Å². The van der Waals surface area contributed by atoms with Gasteiger partial charge in [-0.25, -0.2) is 4.98 Å². The number of nitrogens with one attached hydrogen (secondary N) is 2. The molecule has 2 N–H and O–H groups in total. The van der Waals surface area contributed by atoms with Gasteiger partial charge in [-0.15, -0.1) is 11.3 Å². The highest BCUT2D eigenvalue weighted by molar-refractivity contribution is 9.10. The second-order valence-corrected chi connectivity index (χ2v) is 6.87. The van der Waals surface area contributed by atoms with Gasteiger partial charge >= 0.3 is 0 Å². The molecule has 6 heteroatoms. The topological polar surface area (TPSA) is 54.0 Å². The minimum absolute atomic E-state index is 0.0320. The van der Waals surface area contributed by atoms with Crippen molar-refractivity contribution < 1.29 is 4.79 Å². The Morgan fingerprint density at radius 1 is 1.52 bits per heavy atom. The minimum atomic E-state index is 0.0320. The smallest absolute Gasteiger partial charge is 0.227 e. The normalized spacial score (nSPS) is 17.9. The molecule has 1 fully saturated rings. The fraction of sp³-hybridized carbons (Fsp3) is 0.333. The number of thiazole rings is 1. The van der Waals surface area contributed by atoms with Gasteiger partial charge in [0.1, 0.15) is 0 Å². The van der Waals surface area contributed by atoms with Gasteiger partial charge in [-0.1, -0.05) is 28.1 Å². The van der Waals surface area contributed by atoms with E-state index in [0.717, 1.165) is 35.1 Å². The Morgan fingerprint density at radius 2 is 2.43 bits per heavy atom. The maximum atomic E-state index is 12.0. The molecule has 1 saturated heterocycles. The average molecular weight is 366 g/mol. The van der Waals surface area contributed by atoms with E-state index in [9.17, 15) is 4.79 Å². The highest BCUT2D eigenvalue weighted by atomic mass is 79.9. The van der Waals surface area contributed by atoms with Crippen LogP contribution >= 0.6 is 27.3 Å². The van der Waals surface area contributed by atoms with Gasteiger partial charge in [-0.2, -0.15) is 0 Å². The van der Waals surface area contributed by atoms with Crippen LogP contribution in [-0.2, 0) is 4.79 Å². The number of hydrogen-bond donors (Lipinski definition) is 2. The van der Waals surface area contributed by atoms with E-state index in [1.165, 1.54) is 11.3 Å². The molecular formula is C15H16BrN3OS. The minimum Gasteiger partial charge on any atom is -0.313 e. The van der Waals surface area contributed by atoms with Crippen molar-refractivity contribution in [3.05, 3.63) is 34.1 Å². The molecule has 1 aliphatic rings. The Bertz CT molecular complexity index is 637. The number of amides is 1. The molecule has 1 amide bonds. The predicted octanol–water partition coefficient (Wildman–Crippen LogP) is 3.65. The van der Waals surface area contributed by atoms with Crippen molar-refractivity contribution in [3.63, 3.8) is 0 Å². The van der Waals surface area contributed by atoms with Crippen molar-refractivity contribution in [2.45, 2.75) is 25.3 Å². The lowest BCUT2D eigenvalue weighted by atomic mass is 10.1. The second kappa shape index (κ2) is 6.68. The summed E-state index contributed by atoms with van der Waals surface area (Å²) in [5, 5.41) is 8.84. The Kier molecular flexibility index (Phi) is 4.67. The number of hydrogen-bond acceptors (Lipinski definition) is 4. The van der Waals surface area contributed by atoms with Crippen LogP contribution in [0.5, 0.6) is 0 Å². The van der Waals surface area contributed by atoms with Crippen LogP contribution in [-0.4, -0.2) is 23.5 Å². The van der Waals surface area contributed by atoms with Crippen molar-refractivity contribution in [2.24, 2.45) is 0 Å². The van der Waals surface area contributed by atoms with Gasteiger partial charge in [0, 0.05) is 27.9 Å². The zero-order valence-corrected chi connectivity index (χ0v) is 13.8. The molecule has 4 nitrogen and oxygen atoms in total. The summed E-state index contributed by atoms with van der Waals surface area (Å²) in [4.78, 5) is 16.5. The molecule has 110 valence electrons. The van der Waals surface area contributed by atoms with Crippen LogP contribution in [0.2, 0.25) is 0 Å². The summed E-state index contributed by atoms with van der Waals surface area (Å²) in [5.41, 5.74) is 1.93. The number of halogens is 1. The molecule has 1 unspecified atom stereocenters. The first-order chi connectivity index (χ1) is 10.2. The number of nitrogens with zero attached hydrogens (tertiary/aromatic N) is 1. The molecule has 1 aromatic heterocycles. The average Bonchev–Trinajstić information content (AvgIpc) is 3.10. The molecule has 0 bridgehead atoms. The first-order valence-electron chi connectivity index (χ1n) is 6.95. The van der Waals surface area contributed by atoms with Crippen LogP contribution in [0.15, 0.2) is 34.1 Å². The third-order valence-corrected chi connectivity index (χ3v) is 4.72. The second-order valence-electron chi connectivity index (χ2n) is 5.09. The highest BCUT2D eigenvalue weighted by Gasteiger charge is 2.18. The third kappa shape index (κ3) is 3.90. The van der Waals surface area contributed by atoms with E-state index in [2.05, 4.69) is 31.5 Å². The maximum Gasteiger partial charge on any atom is 0.227 e. The SMILES string of the molecule is O=C(CC1CCCN1)Nc1nc(-c2cccc(Br)c2)cs1. The summed E-state index contributed by atoms with van der Waals surface area (Å²) in [6.07, 6.45) is 2.75. The van der Waals surface area contributed by atoms with Gasteiger partial charge in [0.25, 0.3) is 0 Å². The maximum absolute atomic E-state index is 12.0. The van der Waals surface area contributed by atoms with E-state index in [1.54, 1.807) is 0 Å². The van der Waals surface area contributed by atoms with Crippen LogP contribution in [0.25, 0.3) is 11.3 Å². The Hall–Kier alpha value is -1.24. The van der Waals surface area contributed by atoms with Crippen LogP contribution < -0.4 is 10.6 Å². The molecule has 1 aliphatic heterocycles. The van der Waals surface area contributed by atoms with E-state index in [0.29, 0.717) is 17.6 Å². The summed E-state index contributed by atoms with van der Waals surface area (Å²) < 4.78 is 1.02. The lowest BCUT2D eigenvalue weighted by Gasteiger charge is -2.08. The van der Waals surface area contributed by atoms with Gasteiger partial charge < -0.3 is 10.6 Å². The van der Waals surface area contributed by atoms with Gasteiger partial charge in [0.05, 0.1) is 5.69 Å². The summed E-state index contributed by atoms with van der Waals surface area (Å²) in [6.45, 7) is 1.02. The first-order valence-corrected chi connectivity index (χ1v) is 8.63. The van der Waals surface area contributed by atoms with Gasteiger partial charge in [0.2, 0.25) is 5.91 Å². The molecule has 0 spiro atoms. The molecular weight excluding hydrogens is 350 g/mol. The molecule has 1 atom stereocenters. The fourth-order valence-corrected chi connectivity index (χ4v) is 3.57. The summed E-state index contributed by atoms with van der Waals surface area (Å²) in [6, 6.07) is 8.29. The Balaban J connectivity index is 1.63. The van der Waals surface area contributed by atoms with E-state index in [4.69, 9.17) is 0 Å². The number of carbonyl (C=O) groups is 1. The zero-order chi connectivity index (χ0) is 14.7. The summed E-state index contributed by atoms with van der Waals surface area (Å²) in [5.74, 6) is 0.0320. The largest absolute Gasteiger partial charge is 0.313 e. The van der Waals surface area contributed by atoms with E-state index in [-0.39, 0.29) is 5.91 Å². The fourth-order valence-electron chi connectivity index (χ4n) is 2.44. The molecule has 0 aliphatic carbocycles. The lowest BCUT2D eigenvalue weighted by Crippen LogP contribution is -2.27. The Morgan fingerprint density at radius 3 is 3.19 bits per heavy atom. The van der Waals surface area contributed by atoms with Crippen molar-refractivity contribution in [1.29, 1.82) is 0 Å². The molecule has 21 heavy (non-hydrogen) atoms. The Labute approximate surface area is 136 Å². The van der Waals surface area contributed by atoms with Crippen molar-refractivity contribution in [3.8, 4) is 11.3 Å². The van der Waals surface area contributed by atoms with Crippen molar-refractivity contribution >= 4 is 38.3 Å². The number of anilines is 1. The lowest BCUT2D eigenvalue weighted by molar-refractivity contribution is -0.116. The molecule has 0 saturated carbocycles. The van der Waals surface area contributed by atoms with Crippen molar-refractivity contribution in [2.75, 3.05) is 11.9 Å². The van der Waals surface area contributed by atoms with Gasteiger partial charge in [-0.3, -0.25) is 4.79 Å². The van der Waals surface area contributed by atoms with Crippen molar-refractivity contribution in [1.82, 2.24) is 10.3 Å². The number of benzene rings is 1. The van der Waals surface area contributed by atoms with E-state index >= 15 is 0 Å². The van der Waals surface area contributed by atoms with Crippen LogP contribution in [0, 0.1) is 0 Å². The number of aromatic nitrogens is 1. The quantitative estimate of drug-likeness (QED) is 0.869. The van der Waals surface area contributed by atoms with Crippen LogP contribution in [0.1, 0.15) is 19.3 Å². The molecule has 1 aromatic carbocycles.